The van der Waals surface area contributed by atoms with E-state index in [9.17, 15) is 9.50 Å². The van der Waals surface area contributed by atoms with E-state index in [-0.39, 0.29) is 12.5 Å². The van der Waals surface area contributed by atoms with Crippen molar-refractivity contribution in [1.29, 1.82) is 0 Å². The first-order valence-electron chi connectivity index (χ1n) is 12.0. The van der Waals surface area contributed by atoms with Gasteiger partial charge in [-0.1, -0.05) is 13.8 Å². The highest BCUT2D eigenvalue weighted by Crippen LogP contribution is 2.36. The van der Waals surface area contributed by atoms with Crippen molar-refractivity contribution in [3.8, 4) is 0 Å². The highest BCUT2D eigenvalue weighted by molar-refractivity contribution is 5.96. The largest absolute Gasteiger partial charge is 0.390 e. The molecule has 5 rings (SSSR count). The van der Waals surface area contributed by atoms with Crippen LogP contribution in [-0.2, 0) is 0 Å². The number of aromatic nitrogens is 4. The van der Waals surface area contributed by atoms with Crippen LogP contribution in [0.25, 0.3) is 10.8 Å². The van der Waals surface area contributed by atoms with Gasteiger partial charge in [0.2, 0.25) is 5.95 Å². The van der Waals surface area contributed by atoms with Gasteiger partial charge in [-0.15, -0.1) is 0 Å². The molecule has 0 spiro atoms. The predicted molar refractivity (Wildman–Crippen MR) is 133 cm³/mol. The molecule has 0 amide bonds. The molecule has 0 aromatic carbocycles. The normalized spacial score (nSPS) is 25.0. The summed E-state index contributed by atoms with van der Waals surface area (Å²) in [5, 5.41) is 15.4. The van der Waals surface area contributed by atoms with E-state index in [2.05, 4.69) is 45.9 Å². The molecule has 0 saturated carbocycles. The Morgan fingerprint density at radius 2 is 1.94 bits per heavy atom. The van der Waals surface area contributed by atoms with E-state index in [0.29, 0.717) is 36.6 Å². The standard InChI is InChI=1S/C25H32FN7O/c1-15(2)23-17-11-22(28-12-18(17)19(13-29-23)33-10-6-16(33)3)30-21-5-8-27-24(31-21)32-9-7-20(34)25(4,26)14-32/h5,8,11-13,15-16,20,34H,6-7,9-10,14H2,1-4H3,(H,27,28,30,31)/t16-,20-,25+/m1/s1. The summed E-state index contributed by atoms with van der Waals surface area (Å²) in [6, 6.07) is 4.31. The molecule has 0 unspecified atom stereocenters. The van der Waals surface area contributed by atoms with Crippen molar-refractivity contribution in [2.24, 2.45) is 0 Å². The summed E-state index contributed by atoms with van der Waals surface area (Å²) >= 11 is 0. The van der Waals surface area contributed by atoms with Crippen molar-refractivity contribution >= 4 is 34.0 Å². The van der Waals surface area contributed by atoms with Gasteiger partial charge < -0.3 is 20.2 Å². The van der Waals surface area contributed by atoms with Crippen LogP contribution in [-0.4, -0.2) is 62.5 Å². The van der Waals surface area contributed by atoms with Gasteiger partial charge in [-0.25, -0.2) is 14.4 Å². The van der Waals surface area contributed by atoms with Crippen molar-refractivity contribution < 1.29 is 9.50 Å². The molecular weight excluding hydrogens is 433 g/mol. The second-order valence-corrected chi connectivity index (χ2v) is 10.0. The second-order valence-electron chi connectivity index (χ2n) is 10.0. The number of pyridine rings is 2. The van der Waals surface area contributed by atoms with Gasteiger partial charge in [-0.2, -0.15) is 4.98 Å². The third-order valence-electron chi connectivity index (χ3n) is 7.01. The fraction of sp³-hybridized carbons (Fsp3) is 0.520. The second kappa shape index (κ2) is 8.61. The van der Waals surface area contributed by atoms with Gasteiger partial charge in [0.25, 0.3) is 0 Å². The Kier molecular flexibility index (Phi) is 5.75. The van der Waals surface area contributed by atoms with E-state index in [1.165, 1.54) is 13.3 Å². The number of halogens is 1. The third-order valence-corrected chi connectivity index (χ3v) is 7.01. The van der Waals surface area contributed by atoms with Crippen LogP contribution in [0, 0.1) is 0 Å². The van der Waals surface area contributed by atoms with Crippen molar-refractivity contribution in [1.82, 2.24) is 19.9 Å². The minimum absolute atomic E-state index is 0.0486. The van der Waals surface area contributed by atoms with E-state index in [4.69, 9.17) is 4.98 Å². The maximum absolute atomic E-state index is 14.7. The van der Waals surface area contributed by atoms with Crippen molar-refractivity contribution in [2.45, 2.75) is 64.3 Å². The van der Waals surface area contributed by atoms with Gasteiger partial charge in [0.1, 0.15) is 11.6 Å². The number of piperidine rings is 1. The van der Waals surface area contributed by atoms with Gasteiger partial charge in [0.15, 0.2) is 5.67 Å². The molecular formula is C25H32FN7O. The van der Waals surface area contributed by atoms with Crippen molar-refractivity contribution in [2.75, 3.05) is 34.8 Å². The minimum Gasteiger partial charge on any atom is -0.390 e. The number of fused-ring (bicyclic) bond motifs is 1. The van der Waals surface area contributed by atoms with Crippen molar-refractivity contribution in [3.63, 3.8) is 0 Å². The number of alkyl halides is 1. The number of hydrogen-bond donors (Lipinski definition) is 2. The van der Waals surface area contributed by atoms with Crippen LogP contribution in [0.3, 0.4) is 0 Å². The Labute approximate surface area is 199 Å². The summed E-state index contributed by atoms with van der Waals surface area (Å²) in [7, 11) is 0. The molecule has 3 aromatic heterocycles. The summed E-state index contributed by atoms with van der Waals surface area (Å²) in [5.74, 6) is 1.95. The SMILES string of the molecule is CC(C)c1ncc(N2CC[C@H]2C)c2cnc(Nc3ccnc(N4CC[C@@H](O)[C@@](C)(F)C4)n3)cc12. The zero-order valence-electron chi connectivity index (χ0n) is 20.2. The van der Waals surface area contributed by atoms with Crippen LogP contribution >= 0.6 is 0 Å². The van der Waals surface area contributed by atoms with E-state index < -0.39 is 11.8 Å². The molecule has 180 valence electrons. The first kappa shape index (κ1) is 22.7. The first-order valence-corrected chi connectivity index (χ1v) is 12.0. The molecule has 5 heterocycles. The van der Waals surface area contributed by atoms with Crippen LogP contribution < -0.4 is 15.1 Å². The van der Waals surface area contributed by atoms with Gasteiger partial charge in [0, 0.05) is 42.3 Å². The summed E-state index contributed by atoms with van der Waals surface area (Å²) in [4.78, 5) is 22.5. The summed E-state index contributed by atoms with van der Waals surface area (Å²) < 4.78 is 14.7. The minimum atomic E-state index is -1.70. The van der Waals surface area contributed by atoms with E-state index >= 15 is 0 Å². The zero-order chi connectivity index (χ0) is 24.0. The highest BCUT2D eigenvalue weighted by atomic mass is 19.1. The molecule has 34 heavy (non-hydrogen) atoms. The first-order chi connectivity index (χ1) is 16.2. The zero-order valence-corrected chi connectivity index (χ0v) is 20.2. The average molecular weight is 466 g/mol. The molecule has 3 atom stereocenters. The molecule has 2 saturated heterocycles. The number of nitrogens with one attached hydrogen (secondary N) is 1. The molecule has 2 N–H and O–H groups in total. The monoisotopic (exact) mass is 465 g/mol. The van der Waals surface area contributed by atoms with E-state index in [0.717, 1.165) is 28.7 Å². The highest BCUT2D eigenvalue weighted by Gasteiger charge is 2.39. The molecule has 0 bridgehead atoms. The maximum atomic E-state index is 14.7. The number of anilines is 4. The van der Waals surface area contributed by atoms with Crippen LogP contribution in [0.4, 0.5) is 27.7 Å². The predicted octanol–water partition coefficient (Wildman–Crippen LogP) is 4.18. The molecule has 0 radical (unpaired) electrons. The summed E-state index contributed by atoms with van der Waals surface area (Å²) in [6.45, 7) is 9.52. The van der Waals surface area contributed by atoms with E-state index in [1.807, 2.05) is 18.5 Å². The number of aliphatic hydroxyl groups excluding tert-OH is 1. The molecule has 3 aromatic rings. The van der Waals surface area contributed by atoms with Gasteiger partial charge in [0.05, 0.1) is 30.2 Å². The third kappa shape index (κ3) is 4.13. The number of rotatable bonds is 5. The van der Waals surface area contributed by atoms with E-state index in [1.54, 1.807) is 17.2 Å². The lowest BCUT2D eigenvalue weighted by molar-refractivity contribution is -0.00860. The van der Waals surface area contributed by atoms with Crippen LogP contribution in [0.15, 0.2) is 30.7 Å². The van der Waals surface area contributed by atoms with Crippen LogP contribution in [0.1, 0.15) is 52.1 Å². The Bertz CT molecular complexity index is 1200. The summed E-state index contributed by atoms with van der Waals surface area (Å²) in [5.41, 5.74) is 0.467. The number of hydrogen-bond acceptors (Lipinski definition) is 8. The fourth-order valence-electron chi connectivity index (χ4n) is 4.78. The molecule has 2 aliphatic rings. The molecule has 8 nitrogen and oxygen atoms in total. The summed E-state index contributed by atoms with van der Waals surface area (Å²) in [6.07, 6.45) is 6.09. The quantitative estimate of drug-likeness (QED) is 0.580. The molecule has 9 heteroatoms. The molecule has 2 fully saturated rings. The number of nitrogens with zero attached hydrogens (tertiary/aromatic N) is 6. The Hall–Kier alpha value is -3.07. The average Bonchev–Trinajstić information content (AvgIpc) is 2.79. The molecule has 0 aliphatic carbocycles. The lowest BCUT2D eigenvalue weighted by atomic mass is 9.94. The fourth-order valence-corrected chi connectivity index (χ4v) is 4.78. The van der Waals surface area contributed by atoms with Gasteiger partial charge in [-0.05, 0) is 44.7 Å². The molecule has 2 aliphatic heterocycles. The Morgan fingerprint density at radius 1 is 1.12 bits per heavy atom. The van der Waals surface area contributed by atoms with Gasteiger partial charge in [-0.3, -0.25) is 4.98 Å². The van der Waals surface area contributed by atoms with Crippen LogP contribution in [0.2, 0.25) is 0 Å². The lowest BCUT2D eigenvalue weighted by Gasteiger charge is -2.41. The topological polar surface area (TPSA) is 90.3 Å². The lowest BCUT2D eigenvalue weighted by Crippen LogP contribution is -2.52. The Morgan fingerprint density at radius 3 is 2.62 bits per heavy atom. The smallest absolute Gasteiger partial charge is 0.227 e. The number of aliphatic hydroxyl groups is 1. The van der Waals surface area contributed by atoms with Crippen molar-refractivity contribution in [3.05, 3.63) is 36.4 Å². The van der Waals surface area contributed by atoms with Crippen LogP contribution in [0.5, 0.6) is 0 Å². The maximum Gasteiger partial charge on any atom is 0.227 e. The Balaban J connectivity index is 1.44. The van der Waals surface area contributed by atoms with Gasteiger partial charge >= 0.3 is 0 Å².